The molecule has 1 fully saturated rings. The van der Waals surface area contributed by atoms with Crippen LogP contribution in [0.1, 0.15) is 25.8 Å². The zero-order valence-corrected chi connectivity index (χ0v) is 12.6. The molecule has 106 valence electrons. The first kappa shape index (κ1) is 13.8. The van der Waals surface area contributed by atoms with Gasteiger partial charge in [0, 0.05) is 6.04 Å². The Morgan fingerprint density at radius 3 is 2.95 bits per heavy atom. The predicted octanol–water partition coefficient (Wildman–Crippen LogP) is 3.84. The van der Waals surface area contributed by atoms with Gasteiger partial charge in [-0.05, 0) is 30.9 Å². The summed E-state index contributed by atoms with van der Waals surface area (Å²) in [5.41, 5.74) is 1.77. The number of benzene rings is 1. The van der Waals surface area contributed by atoms with Gasteiger partial charge in [-0.25, -0.2) is 4.98 Å². The van der Waals surface area contributed by atoms with Crippen LogP contribution in [0.4, 0.5) is 0 Å². The van der Waals surface area contributed by atoms with Gasteiger partial charge in [0.15, 0.2) is 5.16 Å². The largest absolute Gasteiger partial charge is 0.481 e. The molecule has 1 aromatic carbocycles. The Balaban J connectivity index is 2.04. The van der Waals surface area contributed by atoms with Gasteiger partial charge in [0.25, 0.3) is 0 Å². The van der Waals surface area contributed by atoms with Crippen molar-refractivity contribution in [2.75, 3.05) is 5.75 Å². The van der Waals surface area contributed by atoms with Crippen molar-refractivity contribution in [3.63, 3.8) is 0 Å². The number of imidazole rings is 1. The molecular weight excluding hydrogens is 296 g/mol. The summed E-state index contributed by atoms with van der Waals surface area (Å²) in [6, 6.07) is 6.14. The minimum absolute atomic E-state index is 0.0171. The molecule has 0 amide bonds. The van der Waals surface area contributed by atoms with Crippen LogP contribution in [0.5, 0.6) is 0 Å². The SMILES string of the molecule is CC1CC(n2c(SCC(=O)O)nc3c(Cl)cccc32)C1. The minimum Gasteiger partial charge on any atom is -0.481 e. The summed E-state index contributed by atoms with van der Waals surface area (Å²) in [7, 11) is 0. The summed E-state index contributed by atoms with van der Waals surface area (Å²) in [6.07, 6.45) is 2.22. The van der Waals surface area contributed by atoms with Crippen molar-refractivity contribution in [3.05, 3.63) is 23.2 Å². The van der Waals surface area contributed by atoms with E-state index in [1.807, 2.05) is 18.2 Å². The lowest BCUT2D eigenvalue weighted by atomic mass is 9.81. The van der Waals surface area contributed by atoms with E-state index in [9.17, 15) is 4.79 Å². The number of rotatable bonds is 4. The van der Waals surface area contributed by atoms with Crippen LogP contribution in [0.2, 0.25) is 5.02 Å². The molecule has 0 aliphatic heterocycles. The molecular formula is C14H15ClN2O2S. The van der Waals surface area contributed by atoms with Crippen LogP contribution >= 0.6 is 23.4 Å². The molecule has 0 bridgehead atoms. The fourth-order valence-electron chi connectivity index (χ4n) is 2.71. The number of fused-ring (bicyclic) bond motifs is 1. The number of carboxylic acids is 1. The first-order valence-electron chi connectivity index (χ1n) is 6.57. The van der Waals surface area contributed by atoms with Crippen LogP contribution < -0.4 is 0 Å². The standard InChI is InChI=1S/C14H15ClN2O2S/c1-8-5-9(6-8)17-11-4-2-3-10(15)13(11)16-14(17)20-7-12(18)19/h2-4,8-9H,5-7H2,1H3,(H,18,19). The fraction of sp³-hybridized carbons (Fsp3) is 0.429. The van der Waals surface area contributed by atoms with E-state index >= 15 is 0 Å². The second kappa shape index (κ2) is 5.30. The van der Waals surface area contributed by atoms with E-state index < -0.39 is 5.97 Å². The van der Waals surface area contributed by atoms with Gasteiger partial charge in [-0.3, -0.25) is 4.79 Å². The number of hydrogen-bond donors (Lipinski definition) is 1. The first-order chi connectivity index (χ1) is 9.56. The third kappa shape index (κ3) is 2.40. The van der Waals surface area contributed by atoms with Gasteiger partial charge in [-0.15, -0.1) is 0 Å². The monoisotopic (exact) mass is 310 g/mol. The first-order valence-corrected chi connectivity index (χ1v) is 7.93. The number of para-hydroxylation sites is 1. The smallest absolute Gasteiger partial charge is 0.313 e. The molecule has 1 aromatic heterocycles. The average molecular weight is 311 g/mol. The lowest BCUT2D eigenvalue weighted by Gasteiger charge is -2.35. The van der Waals surface area contributed by atoms with Gasteiger partial charge >= 0.3 is 5.97 Å². The normalized spacial score (nSPS) is 21.9. The average Bonchev–Trinajstić information content (AvgIpc) is 2.72. The summed E-state index contributed by atoms with van der Waals surface area (Å²) in [5, 5.41) is 10.2. The number of aromatic nitrogens is 2. The molecule has 2 aromatic rings. The fourth-order valence-corrected chi connectivity index (χ4v) is 3.72. The number of carbonyl (C=O) groups is 1. The molecule has 1 saturated carbocycles. The highest BCUT2D eigenvalue weighted by atomic mass is 35.5. The molecule has 1 heterocycles. The zero-order valence-electron chi connectivity index (χ0n) is 11.0. The third-order valence-electron chi connectivity index (χ3n) is 3.68. The van der Waals surface area contributed by atoms with Crippen LogP contribution in [-0.2, 0) is 4.79 Å². The number of thioether (sulfide) groups is 1. The van der Waals surface area contributed by atoms with Gasteiger partial charge < -0.3 is 9.67 Å². The lowest BCUT2D eigenvalue weighted by molar-refractivity contribution is -0.133. The molecule has 4 nitrogen and oxygen atoms in total. The van der Waals surface area contributed by atoms with E-state index in [0.29, 0.717) is 17.0 Å². The van der Waals surface area contributed by atoms with Gasteiger partial charge in [0.1, 0.15) is 5.52 Å². The molecule has 0 spiro atoms. The van der Waals surface area contributed by atoms with Crippen molar-refractivity contribution >= 4 is 40.4 Å². The summed E-state index contributed by atoms with van der Waals surface area (Å²) >= 11 is 7.46. The summed E-state index contributed by atoms with van der Waals surface area (Å²) < 4.78 is 2.16. The van der Waals surface area contributed by atoms with Gasteiger partial charge in [0.05, 0.1) is 16.3 Å². The molecule has 1 aliphatic carbocycles. The Labute approximate surface area is 126 Å². The number of nitrogens with zero attached hydrogens (tertiary/aromatic N) is 2. The molecule has 1 aliphatic rings. The summed E-state index contributed by atoms with van der Waals surface area (Å²) in [5.74, 6) is -0.0981. The van der Waals surface area contributed by atoms with Crippen LogP contribution in [0.15, 0.2) is 23.4 Å². The highest BCUT2D eigenvalue weighted by molar-refractivity contribution is 7.99. The highest BCUT2D eigenvalue weighted by Crippen LogP contribution is 2.42. The van der Waals surface area contributed by atoms with E-state index in [1.165, 1.54) is 11.8 Å². The van der Waals surface area contributed by atoms with Crippen molar-refractivity contribution in [1.29, 1.82) is 0 Å². The van der Waals surface area contributed by atoms with E-state index in [1.54, 1.807) is 0 Å². The Kier molecular flexibility index (Phi) is 3.65. The molecule has 0 unspecified atom stereocenters. The second-order valence-electron chi connectivity index (χ2n) is 5.28. The Bertz CT molecular complexity index is 664. The molecule has 0 radical (unpaired) electrons. The Morgan fingerprint density at radius 1 is 1.55 bits per heavy atom. The Morgan fingerprint density at radius 2 is 2.30 bits per heavy atom. The molecule has 20 heavy (non-hydrogen) atoms. The molecule has 1 N–H and O–H groups in total. The highest BCUT2D eigenvalue weighted by Gasteiger charge is 2.30. The molecule has 0 atom stereocenters. The lowest BCUT2D eigenvalue weighted by Crippen LogP contribution is -2.25. The number of halogens is 1. The van der Waals surface area contributed by atoms with E-state index in [-0.39, 0.29) is 5.75 Å². The van der Waals surface area contributed by atoms with Gasteiger partial charge in [-0.1, -0.05) is 36.4 Å². The van der Waals surface area contributed by atoms with E-state index in [0.717, 1.165) is 29.0 Å². The topological polar surface area (TPSA) is 55.1 Å². The van der Waals surface area contributed by atoms with Crippen molar-refractivity contribution in [1.82, 2.24) is 9.55 Å². The molecule has 6 heteroatoms. The maximum absolute atomic E-state index is 10.8. The molecule has 0 saturated heterocycles. The van der Waals surface area contributed by atoms with Crippen LogP contribution in [0, 0.1) is 5.92 Å². The van der Waals surface area contributed by atoms with Crippen LogP contribution in [-0.4, -0.2) is 26.4 Å². The van der Waals surface area contributed by atoms with Gasteiger partial charge in [-0.2, -0.15) is 0 Å². The van der Waals surface area contributed by atoms with Crippen LogP contribution in [0.25, 0.3) is 11.0 Å². The third-order valence-corrected chi connectivity index (χ3v) is 4.92. The van der Waals surface area contributed by atoms with Crippen molar-refractivity contribution < 1.29 is 9.90 Å². The number of carboxylic acid groups (broad SMARTS) is 1. The number of hydrogen-bond acceptors (Lipinski definition) is 3. The Hall–Kier alpha value is -1.20. The van der Waals surface area contributed by atoms with Crippen molar-refractivity contribution in [2.24, 2.45) is 5.92 Å². The van der Waals surface area contributed by atoms with Crippen molar-refractivity contribution in [3.8, 4) is 0 Å². The summed E-state index contributed by atoms with van der Waals surface area (Å²) in [4.78, 5) is 15.3. The van der Waals surface area contributed by atoms with Crippen LogP contribution in [0.3, 0.4) is 0 Å². The maximum atomic E-state index is 10.8. The number of aliphatic carboxylic acids is 1. The predicted molar refractivity (Wildman–Crippen MR) is 80.5 cm³/mol. The minimum atomic E-state index is -0.832. The van der Waals surface area contributed by atoms with E-state index in [4.69, 9.17) is 16.7 Å². The van der Waals surface area contributed by atoms with Gasteiger partial charge in [0.2, 0.25) is 0 Å². The summed E-state index contributed by atoms with van der Waals surface area (Å²) in [6.45, 7) is 2.23. The quantitative estimate of drug-likeness (QED) is 0.872. The van der Waals surface area contributed by atoms with Crippen molar-refractivity contribution in [2.45, 2.75) is 31.0 Å². The van der Waals surface area contributed by atoms with E-state index in [2.05, 4.69) is 16.5 Å². The maximum Gasteiger partial charge on any atom is 0.313 e. The molecule has 3 rings (SSSR count). The zero-order chi connectivity index (χ0) is 14.3. The second-order valence-corrected chi connectivity index (χ2v) is 6.63.